The number of benzene rings is 2. The van der Waals surface area contributed by atoms with E-state index in [0.29, 0.717) is 35.1 Å². The summed E-state index contributed by atoms with van der Waals surface area (Å²) in [7, 11) is 3.00. The molecule has 1 atom stereocenters. The SMILES string of the molecule is CCOc1ccc(C(=O)NNC(=O)C2CC(=O)N(c3ccccc3OC)C2)cc1OC. The molecule has 0 aromatic heterocycles. The van der Waals surface area contributed by atoms with Gasteiger partial charge in [0.05, 0.1) is 32.4 Å². The van der Waals surface area contributed by atoms with E-state index in [2.05, 4.69) is 10.9 Å². The van der Waals surface area contributed by atoms with Crippen LogP contribution in [0.2, 0.25) is 0 Å². The van der Waals surface area contributed by atoms with Gasteiger partial charge in [-0.1, -0.05) is 12.1 Å². The molecule has 1 saturated heterocycles. The van der Waals surface area contributed by atoms with Crippen LogP contribution in [0.1, 0.15) is 23.7 Å². The third kappa shape index (κ3) is 4.88. The normalized spacial score (nSPS) is 15.4. The van der Waals surface area contributed by atoms with Gasteiger partial charge in [-0.05, 0) is 37.3 Å². The van der Waals surface area contributed by atoms with Crippen molar-refractivity contribution in [1.82, 2.24) is 10.9 Å². The lowest BCUT2D eigenvalue weighted by atomic mass is 10.1. The van der Waals surface area contributed by atoms with Gasteiger partial charge in [-0.2, -0.15) is 0 Å². The van der Waals surface area contributed by atoms with Crippen molar-refractivity contribution in [3.63, 3.8) is 0 Å². The number of rotatable bonds is 7. The van der Waals surface area contributed by atoms with Gasteiger partial charge in [0, 0.05) is 18.5 Å². The van der Waals surface area contributed by atoms with Crippen LogP contribution in [0.4, 0.5) is 5.69 Å². The van der Waals surface area contributed by atoms with Gasteiger partial charge in [-0.3, -0.25) is 25.2 Å². The summed E-state index contributed by atoms with van der Waals surface area (Å²) >= 11 is 0. The fourth-order valence-electron chi connectivity index (χ4n) is 3.34. The van der Waals surface area contributed by atoms with E-state index < -0.39 is 17.7 Å². The molecular formula is C22H25N3O6. The van der Waals surface area contributed by atoms with E-state index in [4.69, 9.17) is 14.2 Å². The van der Waals surface area contributed by atoms with Crippen LogP contribution in [0.25, 0.3) is 0 Å². The maximum atomic E-state index is 12.5. The number of carbonyl (C=O) groups excluding carboxylic acids is 3. The van der Waals surface area contributed by atoms with Gasteiger partial charge in [0.2, 0.25) is 11.8 Å². The van der Waals surface area contributed by atoms with Crippen LogP contribution in [0.15, 0.2) is 42.5 Å². The molecule has 3 amide bonds. The molecule has 1 fully saturated rings. The Balaban J connectivity index is 1.61. The van der Waals surface area contributed by atoms with E-state index in [-0.39, 0.29) is 18.9 Å². The lowest BCUT2D eigenvalue weighted by molar-refractivity contribution is -0.126. The summed E-state index contributed by atoms with van der Waals surface area (Å²) in [6, 6.07) is 11.8. The molecule has 0 saturated carbocycles. The van der Waals surface area contributed by atoms with Crippen molar-refractivity contribution in [2.45, 2.75) is 13.3 Å². The van der Waals surface area contributed by atoms with E-state index in [1.54, 1.807) is 36.4 Å². The van der Waals surface area contributed by atoms with Crippen molar-refractivity contribution in [3.8, 4) is 17.2 Å². The molecule has 1 heterocycles. The first-order valence-electron chi connectivity index (χ1n) is 9.82. The number of nitrogens with one attached hydrogen (secondary N) is 2. The molecule has 2 aromatic carbocycles. The number of amides is 3. The van der Waals surface area contributed by atoms with Crippen LogP contribution in [0.5, 0.6) is 17.2 Å². The fraction of sp³-hybridized carbons (Fsp3) is 0.318. The Morgan fingerprint density at radius 2 is 1.77 bits per heavy atom. The summed E-state index contributed by atoms with van der Waals surface area (Å²) in [5.74, 6) is -0.270. The molecule has 1 aliphatic heterocycles. The van der Waals surface area contributed by atoms with Gasteiger partial charge < -0.3 is 19.1 Å². The summed E-state index contributed by atoms with van der Waals surface area (Å²) in [4.78, 5) is 38.9. The molecule has 1 unspecified atom stereocenters. The van der Waals surface area contributed by atoms with Crippen LogP contribution in [0, 0.1) is 5.92 Å². The molecule has 164 valence electrons. The molecule has 9 nitrogen and oxygen atoms in total. The molecule has 2 aromatic rings. The Morgan fingerprint density at radius 3 is 2.48 bits per heavy atom. The highest BCUT2D eigenvalue weighted by atomic mass is 16.5. The standard InChI is InChI=1S/C22H25N3O6/c1-4-31-18-10-9-14(11-19(18)30-3)21(27)23-24-22(28)15-12-20(26)25(13-15)16-7-5-6-8-17(16)29-2/h5-11,15H,4,12-13H2,1-3H3,(H,23,27)(H,24,28). The number of hydrogen-bond acceptors (Lipinski definition) is 6. The van der Waals surface area contributed by atoms with Crippen LogP contribution in [0.3, 0.4) is 0 Å². The molecule has 9 heteroatoms. The van der Waals surface area contributed by atoms with E-state index in [1.165, 1.54) is 25.2 Å². The number of hydrazine groups is 1. The molecule has 1 aliphatic rings. The van der Waals surface area contributed by atoms with Crippen molar-refractivity contribution in [3.05, 3.63) is 48.0 Å². The Bertz CT molecular complexity index is 977. The minimum absolute atomic E-state index is 0.0383. The molecule has 2 N–H and O–H groups in total. The van der Waals surface area contributed by atoms with Crippen LogP contribution in [-0.4, -0.2) is 45.1 Å². The zero-order valence-corrected chi connectivity index (χ0v) is 17.6. The Labute approximate surface area is 180 Å². The predicted molar refractivity (Wildman–Crippen MR) is 113 cm³/mol. The fourth-order valence-corrected chi connectivity index (χ4v) is 3.34. The maximum absolute atomic E-state index is 12.5. The number of methoxy groups -OCH3 is 2. The lowest BCUT2D eigenvalue weighted by Gasteiger charge is -2.19. The first-order valence-corrected chi connectivity index (χ1v) is 9.82. The van der Waals surface area contributed by atoms with E-state index >= 15 is 0 Å². The summed E-state index contributed by atoms with van der Waals surface area (Å²) < 4.78 is 16.0. The van der Waals surface area contributed by atoms with Crippen LogP contribution >= 0.6 is 0 Å². The third-order valence-electron chi connectivity index (χ3n) is 4.90. The summed E-state index contributed by atoms with van der Waals surface area (Å²) in [5, 5.41) is 0. The molecule has 31 heavy (non-hydrogen) atoms. The average molecular weight is 427 g/mol. The predicted octanol–water partition coefficient (Wildman–Crippen LogP) is 1.92. The van der Waals surface area contributed by atoms with Gasteiger partial charge in [0.15, 0.2) is 11.5 Å². The van der Waals surface area contributed by atoms with Gasteiger partial charge in [-0.25, -0.2) is 0 Å². The molecule has 0 radical (unpaired) electrons. The number of hydrogen-bond donors (Lipinski definition) is 2. The molecular weight excluding hydrogens is 402 g/mol. The molecule has 0 spiro atoms. The van der Waals surface area contributed by atoms with Crippen molar-refractivity contribution in [1.29, 1.82) is 0 Å². The zero-order valence-electron chi connectivity index (χ0n) is 17.6. The van der Waals surface area contributed by atoms with Crippen molar-refractivity contribution >= 4 is 23.4 Å². The first-order chi connectivity index (χ1) is 15.0. The highest BCUT2D eigenvalue weighted by Crippen LogP contribution is 2.32. The molecule has 0 aliphatic carbocycles. The second-order valence-electron chi connectivity index (χ2n) is 6.82. The Kier molecular flexibility index (Phi) is 6.96. The largest absolute Gasteiger partial charge is 0.495 e. The summed E-state index contributed by atoms with van der Waals surface area (Å²) in [5.41, 5.74) is 5.68. The minimum Gasteiger partial charge on any atom is -0.495 e. The van der Waals surface area contributed by atoms with Crippen molar-refractivity contribution in [2.75, 3.05) is 32.3 Å². The maximum Gasteiger partial charge on any atom is 0.269 e. The number of carbonyl (C=O) groups is 3. The topological polar surface area (TPSA) is 106 Å². The second-order valence-corrected chi connectivity index (χ2v) is 6.82. The van der Waals surface area contributed by atoms with E-state index in [0.717, 1.165) is 0 Å². The number of nitrogens with zero attached hydrogens (tertiary/aromatic N) is 1. The lowest BCUT2D eigenvalue weighted by Crippen LogP contribution is -2.45. The summed E-state index contributed by atoms with van der Waals surface area (Å²) in [6.07, 6.45) is 0.0383. The third-order valence-corrected chi connectivity index (χ3v) is 4.90. The molecule has 3 rings (SSSR count). The Hall–Kier alpha value is -3.75. The van der Waals surface area contributed by atoms with Gasteiger partial charge >= 0.3 is 0 Å². The van der Waals surface area contributed by atoms with Gasteiger partial charge in [0.25, 0.3) is 5.91 Å². The van der Waals surface area contributed by atoms with Crippen molar-refractivity contribution < 1.29 is 28.6 Å². The van der Waals surface area contributed by atoms with Gasteiger partial charge in [-0.15, -0.1) is 0 Å². The smallest absolute Gasteiger partial charge is 0.269 e. The molecule has 0 bridgehead atoms. The first kappa shape index (κ1) is 21.9. The quantitative estimate of drug-likeness (QED) is 0.654. The minimum atomic E-state index is -0.604. The highest BCUT2D eigenvalue weighted by Gasteiger charge is 2.36. The van der Waals surface area contributed by atoms with E-state index in [9.17, 15) is 14.4 Å². The number of ether oxygens (including phenoxy) is 3. The van der Waals surface area contributed by atoms with Crippen LogP contribution < -0.4 is 30.0 Å². The monoisotopic (exact) mass is 427 g/mol. The summed E-state index contributed by atoms with van der Waals surface area (Å²) in [6.45, 7) is 2.50. The number of anilines is 1. The second kappa shape index (κ2) is 9.84. The average Bonchev–Trinajstić information content (AvgIpc) is 3.19. The van der Waals surface area contributed by atoms with E-state index in [1.807, 2.05) is 6.92 Å². The number of para-hydroxylation sites is 2. The zero-order chi connectivity index (χ0) is 22.4. The van der Waals surface area contributed by atoms with Crippen LogP contribution in [-0.2, 0) is 9.59 Å². The Morgan fingerprint density at radius 1 is 1.03 bits per heavy atom. The highest BCUT2D eigenvalue weighted by molar-refractivity contribution is 6.02. The van der Waals surface area contributed by atoms with Gasteiger partial charge in [0.1, 0.15) is 5.75 Å². The van der Waals surface area contributed by atoms with Crippen molar-refractivity contribution in [2.24, 2.45) is 5.92 Å².